The van der Waals surface area contributed by atoms with Crippen LogP contribution in [0.1, 0.15) is 26.3 Å². The first kappa shape index (κ1) is 21.2. The van der Waals surface area contributed by atoms with E-state index in [1.54, 1.807) is 0 Å². The van der Waals surface area contributed by atoms with E-state index in [0.29, 0.717) is 12.0 Å². The molecule has 1 atom stereocenters. The number of nitrogens with zero attached hydrogens (tertiary/aromatic N) is 2. The maximum atomic E-state index is 4.25. The molecule has 0 spiro atoms. The van der Waals surface area contributed by atoms with Crippen molar-refractivity contribution < 1.29 is 0 Å². The van der Waals surface area contributed by atoms with Gasteiger partial charge in [0.15, 0.2) is 5.96 Å². The van der Waals surface area contributed by atoms with Gasteiger partial charge >= 0.3 is 0 Å². The van der Waals surface area contributed by atoms with Crippen LogP contribution in [0.25, 0.3) is 0 Å². The van der Waals surface area contributed by atoms with Crippen molar-refractivity contribution in [1.29, 1.82) is 0 Å². The zero-order valence-corrected chi connectivity index (χ0v) is 16.8. The van der Waals surface area contributed by atoms with Crippen molar-refractivity contribution in [3.63, 3.8) is 0 Å². The summed E-state index contributed by atoms with van der Waals surface area (Å²) in [7, 11) is 3.97. The molecule has 1 aromatic carbocycles. The first-order valence-electron chi connectivity index (χ1n) is 7.71. The van der Waals surface area contributed by atoms with E-state index < -0.39 is 0 Å². The number of benzene rings is 1. The first-order chi connectivity index (χ1) is 10.0. The molecule has 0 bridgehead atoms. The molecule has 0 aliphatic rings. The van der Waals surface area contributed by atoms with E-state index in [2.05, 4.69) is 78.7 Å². The highest BCUT2D eigenvalue weighted by Gasteiger charge is 2.10. The number of aliphatic imine (C=N–C) groups is 1. The smallest absolute Gasteiger partial charge is 0.191 e. The molecule has 0 aromatic heterocycles. The predicted molar refractivity (Wildman–Crippen MR) is 107 cm³/mol. The van der Waals surface area contributed by atoms with Gasteiger partial charge in [-0.2, -0.15) is 0 Å². The van der Waals surface area contributed by atoms with E-state index >= 15 is 0 Å². The fourth-order valence-electron chi connectivity index (χ4n) is 1.95. The minimum Gasteiger partial charge on any atom is -0.356 e. The molecule has 1 unspecified atom stereocenters. The van der Waals surface area contributed by atoms with Crippen LogP contribution in [0.3, 0.4) is 0 Å². The third-order valence-corrected chi connectivity index (χ3v) is 3.49. The lowest BCUT2D eigenvalue weighted by Crippen LogP contribution is -2.45. The molecule has 0 aliphatic heterocycles. The zero-order valence-electron chi connectivity index (χ0n) is 14.5. The van der Waals surface area contributed by atoms with Crippen LogP contribution in [0.2, 0.25) is 0 Å². The lowest BCUT2D eigenvalue weighted by atomic mass is 10.2. The Morgan fingerprint density at radius 2 is 1.68 bits per heavy atom. The number of hydrogen-bond acceptors (Lipinski definition) is 2. The Morgan fingerprint density at radius 1 is 1.09 bits per heavy atom. The van der Waals surface area contributed by atoms with E-state index in [1.165, 1.54) is 5.56 Å². The number of nitrogens with one attached hydrogen (secondary N) is 2. The van der Waals surface area contributed by atoms with E-state index in [4.69, 9.17) is 0 Å². The molecule has 0 aliphatic carbocycles. The zero-order chi connectivity index (χ0) is 15.7. The first-order valence-corrected chi connectivity index (χ1v) is 7.71. The van der Waals surface area contributed by atoms with Crippen LogP contribution in [-0.2, 0) is 6.54 Å². The van der Waals surface area contributed by atoms with Crippen LogP contribution in [0, 0.1) is 5.92 Å². The third kappa shape index (κ3) is 8.58. The molecule has 1 rings (SSSR count). The molecular weight excluding hydrogens is 387 g/mol. The minimum absolute atomic E-state index is 0. The molecule has 0 radical (unpaired) electrons. The second-order valence-corrected chi connectivity index (χ2v) is 5.98. The maximum absolute atomic E-state index is 4.25. The van der Waals surface area contributed by atoms with E-state index in [9.17, 15) is 0 Å². The highest BCUT2D eigenvalue weighted by molar-refractivity contribution is 14.0. The van der Waals surface area contributed by atoms with Crippen LogP contribution < -0.4 is 10.6 Å². The predicted octanol–water partition coefficient (Wildman–Crippen LogP) is 2.95. The summed E-state index contributed by atoms with van der Waals surface area (Å²) in [6.45, 7) is 9.38. The molecular formula is C17H31IN4. The van der Waals surface area contributed by atoms with Gasteiger partial charge in [0.1, 0.15) is 0 Å². The second kappa shape index (κ2) is 11.7. The number of rotatable bonds is 7. The quantitative estimate of drug-likeness (QED) is 0.407. The molecule has 0 fully saturated rings. The highest BCUT2D eigenvalue weighted by atomic mass is 127. The Labute approximate surface area is 152 Å². The normalized spacial score (nSPS) is 13.0. The summed E-state index contributed by atoms with van der Waals surface area (Å²) in [6.07, 6.45) is 0. The van der Waals surface area contributed by atoms with Crippen molar-refractivity contribution in [2.45, 2.75) is 33.4 Å². The largest absolute Gasteiger partial charge is 0.356 e. The van der Waals surface area contributed by atoms with Crippen LogP contribution in [0.5, 0.6) is 0 Å². The molecule has 22 heavy (non-hydrogen) atoms. The summed E-state index contributed by atoms with van der Waals surface area (Å²) >= 11 is 0. The van der Waals surface area contributed by atoms with Gasteiger partial charge in [-0.05, 0) is 25.5 Å². The number of hydrogen-bond donors (Lipinski definition) is 2. The molecule has 0 saturated carbocycles. The topological polar surface area (TPSA) is 39.7 Å². The average Bonchev–Trinajstić information content (AvgIpc) is 2.47. The van der Waals surface area contributed by atoms with E-state index in [-0.39, 0.29) is 24.0 Å². The van der Waals surface area contributed by atoms with Crippen molar-refractivity contribution >= 4 is 29.9 Å². The summed E-state index contributed by atoms with van der Waals surface area (Å²) in [5.74, 6) is 1.49. The minimum atomic E-state index is 0. The van der Waals surface area contributed by atoms with Gasteiger partial charge in [0, 0.05) is 32.7 Å². The lowest BCUT2D eigenvalue weighted by Gasteiger charge is -2.26. The molecule has 0 saturated heterocycles. The van der Waals surface area contributed by atoms with Gasteiger partial charge in [-0.3, -0.25) is 9.89 Å². The van der Waals surface area contributed by atoms with Gasteiger partial charge in [0.05, 0.1) is 0 Å². The monoisotopic (exact) mass is 418 g/mol. The molecule has 5 heteroatoms. The van der Waals surface area contributed by atoms with Crippen molar-refractivity contribution in [2.24, 2.45) is 10.9 Å². The molecule has 4 nitrogen and oxygen atoms in total. The van der Waals surface area contributed by atoms with Crippen molar-refractivity contribution in [3.05, 3.63) is 35.9 Å². The Hall–Kier alpha value is -0.820. The van der Waals surface area contributed by atoms with Crippen molar-refractivity contribution in [3.8, 4) is 0 Å². The fraction of sp³-hybridized carbons (Fsp3) is 0.588. The lowest BCUT2D eigenvalue weighted by molar-refractivity contribution is 0.249. The average molecular weight is 418 g/mol. The second-order valence-electron chi connectivity index (χ2n) is 5.98. The van der Waals surface area contributed by atoms with Crippen molar-refractivity contribution in [2.75, 3.05) is 27.2 Å². The van der Waals surface area contributed by atoms with Gasteiger partial charge in [0.25, 0.3) is 0 Å². The third-order valence-electron chi connectivity index (χ3n) is 3.49. The Bertz CT molecular complexity index is 420. The Kier molecular flexibility index (Phi) is 11.3. The number of halogens is 1. The summed E-state index contributed by atoms with van der Waals surface area (Å²) in [5, 5.41) is 6.72. The van der Waals surface area contributed by atoms with Gasteiger partial charge in [-0.25, -0.2) is 0 Å². The van der Waals surface area contributed by atoms with E-state index in [0.717, 1.165) is 25.6 Å². The highest BCUT2D eigenvalue weighted by Crippen LogP contribution is 2.05. The molecule has 126 valence electrons. The Balaban J connectivity index is 0.00000441. The van der Waals surface area contributed by atoms with Crippen LogP contribution in [0.4, 0.5) is 0 Å². The summed E-state index contributed by atoms with van der Waals surface area (Å²) in [6, 6.07) is 11.0. The standard InChI is InChI=1S/C17H30N4.HI/c1-14(2)11-19-17(18-4)20-12-15(3)21(5)13-16-9-7-6-8-10-16;/h6-10,14-15H,11-13H2,1-5H3,(H2,18,19,20);1H. The molecule has 1 aromatic rings. The van der Waals surface area contributed by atoms with Crippen LogP contribution >= 0.6 is 24.0 Å². The fourth-order valence-corrected chi connectivity index (χ4v) is 1.95. The SMILES string of the molecule is CN=C(NCC(C)C)NCC(C)N(C)Cc1ccccc1.I. The molecule has 0 amide bonds. The van der Waals surface area contributed by atoms with Gasteiger partial charge in [0.2, 0.25) is 0 Å². The van der Waals surface area contributed by atoms with E-state index in [1.807, 2.05) is 7.05 Å². The number of likely N-dealkylation sites (N-methyl/N-ethyl adjacent to an activating group) is 1. The van der Waals surface area contributed by atoms with Crippen LogP contribution in [0.15, 0.2) is 35.3 Å². The summed E-state index contributed by atoms with van der Waals surface area (Å²) in [5.41, 5.74) is 1.34. The summed E-state index contributed by atoms with van der Waals surface area (Å²) < 4.78 is 0. The maximum Gasteiger partial charge on any atom is 0.191 e. The van der Waals surface area contributed by atoms with Gasteiger partial charge in [-0.1, -0.05) is 44.2 Å². The molecule has 2 N–H and O–H groups in total. The van der Waals surface area contributed by atoms with Crippen molar-refractivity contribution in [1.82, 2.24) is 15.5 Å². The summed E-state index contributed by atoms with van der Waals surface area (Å²) in [4.78, 5) is 6.60. The van der Waals surface area contributed by atoms with Gasteiger partial charge < -0.3 is 10.6 Å². The number of guanidine groups is 1. The molecule has 0 heterocycles. The Morgan fingerprint density at radius 3 is 2.23 bits per heavy atom. The van der Waals surface area contributed by atoms with Crippen LogP contribution in [-0.4, -0.2) is 44.1 Å². The van der Waals surface area contributed by atoms with Gasteiger partial charge in [-0.15, -0.1) is 24.0 Å².